The Balaban J connectivity index is 2.56. The molecule has 0 saturated carbocycles. The molecular formula is C14H29NO3. The van der Waals surface area contributed by atoms with Crippen LogP contribution in [-0.2, 0) is 14.2 Å². The molecular weight excluding hydrogens is 230 g/mol. The molecule has 4 heteroatoms. The molecule has 0 aromatic heterocycles. The van der Waals surface area contributed by atoms with Crippen molar-refractivity contribution in [2.45, 2.75) is 77.4 Å². The van der Waals surface area contributed by atoms with Gasteiger partial charge in [-0.3, -0.25) is 0 Å². The normalized spacial score (nSPS) is 30.5. The van der Waals surface area contributed by atoms with Gasteiger partial charge < -0.3 is 19.9 Å². The first-order valence-corrected chi connectivity index (χ1v) is 6.76. The lowest BCUT2D eigenvalue weighted by molar-refractivity contribution is -0.183. The minimum absolute atomic E-state index is 0.0103. The van der Waals surface area contributed by atoms with Crippen molar-refractivity contribution >= 4 is 0 Å². The summed E-state index contributed by atoms with van der Waals surface area (Å²) in [5.74, 6) is 0. The summed E-state index contributed by atoms with van der Waals surface area (Å²) in [7, 11) is 0. The summed E-state index contributed by atoms with van der Waals surface area (Å²) < 4.78 is 17.6. The van der Waals surface area contributed by atoms with E-state index in [2.05, 4.69) is 20.8 Å². The van der Waals surface area contributed by atoms with Crippen LogP contribution in [0.25, 0.3) is 0 Å². The number of hydrogen-bond donors (Lipinski definition) is 1. The van der Waals surface area contributed by atoms with Crippen LogP contribution in [0.4, 0.5) is 0 Å². The maximum atomic E-state index is 6.04. The van der Waals surface area contributed by atoms with E-state index in [1.807, 2.05) is 20.8 Å². The quantitative estimate of drug-likeness (QED) is 0.843. The highest BCUT2D eigenvalue weighted by Crippen LogP contribution is 2.23. The average Bonchev–Trinajstić information content (AvgIpc) is 2.12. The van der Waals surface area contributed by atoms with Crippen molar-refractivity contribution in [3.05, 3.63) is 0 Å². The molecule has 1 fully saturated rings. The van der Waals surface area contributed by atoms with Crippen LogP contribution in [0.5, 0.6) is 0 Å². The van der Waals surface area contributed by atoms with Gasteiger partial charge in [0, 0.05) is 6.04 Å². The van der Waals surface area contributed by atoms with Crippen LogP contribution >= 0.6 is 0 Å². The van der Waals surface area contributed by atoms with Crippen LogP contribution < -0.4 is 5.73 Å². The zero-order valence-corrected chi connectivity index (χ0v) is 12.7. The number of rotatable bonds is 3. The largest absolute Gasteiger partial charge is 0.373 e. The van der Waals surface area contributed by atoms with Gasteiger partial charge in [-0.15, -0.1) is 0 Å². The first-order valence-electron chi connectivity index (χ1n) is 6.76. The van der Waals surface area contributed by atoms with Gasteiger partial charge in [0.2, 0.25) is 0 Å². The molecule has 3 atom stereocenters. The van der Waals surface area contributed by atoms with Gasteiger partial charge in [-0.2, -0.15) is 0 Å². The van der Waals surface area contributed by atoms with Gasteiger partial charge in [0.25, 0.3) is 0 Å². The van der Waals surface area contributed by atoms with Gasteiger partial charge in [0.1, 0.15) is 6.10 Å². The summed E-state index contributed by atoms with van der Waals surface area (Å²) in [4.78, 5) is 0. The van der Waals surface area contributed by atoms with E-state index in [4.69, 9.17) is 19.9 Å². The fourth-order valence-electron chi connectivity index (χ4n) is 1.94. The molecule has 0 aromatic rings. The fourth-order valence-corrected chi connectivity index (χ4v) is 1.94. The molecule has 1 heterocycles. The van der Waals surface area contributed by atoms with Gasteiger partial charge >= 0.3 is 0 Å². The molecule has 108 valence electrons. The van der Waals surface area contributed by atoms with Crippen LogP contribution in [0.1, 0.15) is 48.0 Å². The van der Waals surface area contributed by atoms with E-state index in [9.17, 15) is 0 Å². The summed E-state index contributed by atoms with van der Waals surface area (Å²) in [5, 5.41) is 0. The standard InChI is InChI=1S/C14H29NO3/c1-13(2,3)17-9-12-11(18-14(4,5)6)7-10(15)8-16-12/h10-12H,7-9,15H2,1-6H3/t10-,11?,12+/m0/s1. The summed E-state index contributed by atoms with van der Waals surface area (Å²) >= 11 is 0. The second-order valence-electron chi connectivity index (χ2n) is 7.06. The number of hydrogen-bond acceptors (Lipinski definition) is 4. The molecule has 0 spiro atoms. The summed E-state index contributed by atoms with van der Waals surface area (Å²) in [6.45, 7) is 13.4. The van der Waals surface area contributed by atoms with Crippen molar-refractivity contribution in [1.29, 1.82) is 0 Å². The molecule has 4 nitrogen and oxygen atoms in total. The van der Waals surface area contributed by atoms with Crippen molar-refractivity contribution < 1.29 is 14.2 Å². The smallest absolute Gasteiger partial charge is 0.107 e. The van der Waals surface area contributed by atoms with Crippen LogP contribution in [0.3, 0.4) is 0 Å². The molecule has 1 rings (SSSR count). The topological polar surface area (TPSA) is 53.7 Å². The Kier molecular flexibility index (Phi) is 5.18. The third-order valence-corrected chi connectivity index (χ3v) is 2.66. The fraction of sp³-hybridized carbons (Fsp3) is 1.00. The predicted molar refractivity (Wildman–Crippen MR) is 72.7 cm³/mol. The Morgan fingerprint density at radius 2 is 1.72 bits per heavy atom. The zero-order chi connectivity index (χ0) is 14.0. The molecule has 0 amide bonds. The van der Waals surface area contributed by atoms with Crippen molar-refractivity contribution in [2.75, 3.05) is 13.2 Å². The van der Waals surface area contributed by atoms with Crippen molar-refractivity contribution in [1.82, 2.24) is 0 Å². The molecule has 0 aromatic carbocycles. The molecule has 18 heavy (non-hydrogen) atoms. The first-order chi connectivity index (χ1) is 8.07. The van der Waals surface area contributed by atoms with Gasteiger partial charge in [-0.05, 0) is 48.0 Å². The summed E-state index contributed by atoms with van der Waals surface area (Å²) in [6, 6.07) is 0.0586. The Bertz CT molecular complexity index is 255. The van der Waals surface area contributed by atoms with E-state index >= 15 is 0 Å². The molecule has 0 bridgehead atoms. The highest BCUT2D eigenvalue weighted by molar-refractivity contribution is 4.84. The Hall–Kier alpha value is -0.160. The van der Waals surface area contributed by atoms with Crippen molar-refractivity contribution in [3.63, 3.8) is 0 Å². The minimum Gasteiger partial charge on any atom is -0.373 e. The van der Waals surface area contributed by atoms with Gasteiger partial charge in [-0.25, -0.2) is 0 Å². The summed E-state index contributed by atoms with van der Waals surface area (Å²) in [6.07, 6.45) is 0.814. The van der Waals surface area contributed by atoms with E-state index in [-0.39, 0.29) is 29.5 Å². The van der Waals surface area contributed by atoms with Gasteiger partial charge in [0.15, 0.2) is 0 Å². The molecule has 0 radical (unpaired) electrons. The third kappa shape index (κ3) is 6.14. The lowest BCUT2D eigenvalue weighted by Crippen LogP contribution is -2.50. The van der Waals surface area contributed by atoms with E-state index in [1.165, 1.54) is 0 Å². The molecule has 1 aliphatic rings. The third-order valence-electron chi connectivity index (χ3n) is 2.66. The second-order valence-corrected chi connectivity index (χ2v) is 7.06. The van der Waals surface area contributed by atoms with Crippen LogP contribution in [0.15, 0.2) is 0 Å². The first kappa shape index (κ1) is 15.9. The number of ether oxygens (including phenoxy) is 3. The highest BCUT2D eigenvalue weighted by Gasteiger charge is 2.34. The zero-order valence-electron chi connectivity index (χ0n) is 12.7. The van der Waals surface area contributed by atoms with Gasteiger partial charge in [-0.1, -0.05) is 0 Å². The molecule has 0 aliphatic carbocycles. The van der Waals surface area contributed by atoms with E-state index in [0.29, 0.717) is 13.2 Å². The predicted octanol–water partition coefficient (Wildman–Crippen LogP) is 2.10. The minimum atomic E-state index is -0.189. The Morgan fingerprint density at radius 3 is 2.22 bits per heavy atom. The lowest BCUT2D eigenvalue weighted by atomic mass is 10.0. The van der Waals surface area contributed by atoms with Crippen LogP contribution in [0, 0.1) is 0 Å². The van der Waals surface area contributed by atoms with E-state index < -0.39 is 0 Å². The van der Waals surface area contributed by atoms with Crippen LogP contribution in [-0.4, -0.2) is 42.7 Å². The van der Waals surface area contributed by atoms with E-state index in [1.54, 1.807) is 0 Å². The monoisotopic (exact) mass is 259 g/mol. The van der Waals surface area contributed by atoms with Crippen LogP contribution in [0.2, 0.25) is 0 Å². The lowest BCUT2D eigenvalue weighted by Gasteiger charge is -2.39. The Labute approximate surface area is 111 Å². The second kappa shape index (κ2) is 5.87. The van der Waals surface area contributed by atoms with E-state index in [0.717, 1.165) is 6.42 Å². The number of nitrogens with two attached hydrogens (primary N) is 1. The maximum absolute atomic E-state index is 6.04. The molecule has 2 N–H and O–H groups in total. The SMILES string of the molecule is CC(C)(C)OC[C@H]1OC[C@@H](N)CC1OC(C)(C)C. The Morgan fingerprint density at radius 1 is 1.11 bits per heavy atom. The molecule has 1 aliphatic heterocycles. The molecule has 1 unspecified atom stereocenters. The highest BCUT2D eigenvalue weighted by atomic mass is 16.6. The van der Waals surface area contributed by atoms with Crippen molar-refractivity contribution in [3.8, 4) is 0 Å². The maximum Gasteiger partial charge on any atom is 0.107 e. The summed E-state index contributed by atoms with van der Waals surface area (Å²) in [5.41, 5.74) is 5.60. The van der Waals surface area contributed by atoms with Crippen molar-refractivity contribution in [2.24, 2.45) is 5.73 Å². The van der Waals surface area contributed by atoms with Gasteiger partial charge in [0.05, 0.1) is 30.5 Å². The molecule has 1 saturated heterocycles. The average molecular weight is 259 g/mol.